The Morgan fingerprint density at radius 1 is 1.20 bits per heavy atom. The predicted octanol–water partition coefficient (Wildman–Crippen LogP) is 2.11. The standard InChI is InChI=1S/C17H16N4O4/c1-11(17(23)18-15-9-10-25-20-15)21-16(22)8-7-14(19-21)12-3-5-13(24-2)6-4-12/h3-11H,1-2H3,(H,18,20,23)/t11-/m0/s1. The number of ether oxygens (including phenoxy) is 1. The highest BCUT2D eigenvalue weighted by Crippen LogP contribution is 2.20. The van der Waals surface area contributed by atoms with Crippen molar-refractivity contribution in [3.63, 3.8) is 0 Å². The molecule has 2 aromatic heterocycles. The van der Waals surface area contributed by atoms with Gasteiger partial charge in [-0.3, -0.25) is 9.59 Å². The van der Waals surface area contributed by atoms with Crippen LogP contribution in [-0.4, -0.2) is 28.0 Å². The Morgan fingerprint density at radius 2 is 1.96 bits per heavy atom. The van der Waals surface area contributed by atoms with Crippen molar-refractivity contribution in [2.75, 3.05) is 12.4 Å². The third-order valence-corrected chi connectivity index (χ3v) is 3.65. The van der Waals surface area contributed by atoms with E-state index in [-0.39, 0.29) is 11.4 Å². The molecule has 0 bridgehead atoms. The summed E-state index contributed by atoms with van der Waals surface area (Å²) >= 11 is 0. The molecule has 8 heteroatoms. The number of rotatable bonds is 5. The number of amides is 1. The number of anilines is 1. The lowest BCUT2D eigenvalue weighted by Crippen LogP contribution is -2.33. The minimum absolute atomic E-state index is 0.274. The summed E-state index contributed by atoms with van der Waals surface area (Å²) in [6, 6.07) is 10.9. The largest absolute Gasteiger partial charge is 0.497 e. The molecule has 0 aliphatic carbocycles. The molecule has 1 N–H and O–H groups in total. The number of hydrogen-bond acceptors (Lipinski definition) is 6. The average molecular weight is 340 g/mol. The summed E-state index contributed by atoms with van der Waals surface area (Å²) in [7, 11) is 1.59. The third-order valence-electron chi connectivity index (χ3n) is 3.65. The van der Waals surface area contributed by atoms with Crippen molar-refractivity contribution in [2.24, 2.45) is 0 Å². The van der Waals surface area contributed by atoms with Crippen LogP contribution in [0.25, 0.3) is 11.3 Å². The maximum absolute atomic E-state index is 12.3. The molecule has 25 heavy (non-hydrogen) atoms. The number of hydrogen-bond donors (Lipinski definition) is 1. The molecule has 1 amide bonds. The van der Waals surface area contributed by atoms with Gasteiger partial charge in [0.15, 0.2) is 5.82 Å². The molecule has 3 rings (SSSR count). The van der Waals surface area contributed by atoms with Gasteiger partial charge >= 0.3 is 0 Å². The molecule has 2 heterocycles. The molecule has 8 nitrogen and oxygen atoms in total. The fourth-order valence-electron chi connectivity index (χ4n) is 2.24. The van der Waals surface area contributed by atoms with Gasteiger partial charge in [0.05, 0.1) is 12.8 Å². The Hall–Kier alpha value is -3.42. The zero-order valence-electron chi connectivity index (χ0n) is 13.7. The van der Waals surface area contributed by atoms with Gasteiger partial charge in [0, 0.05) is 17.7 Å². The highest BCUT2D eigenvalue weighted by Gasteiger charge is 2.19. The van der Waals surface area contributed by atoms with Crippen molar-refractivity contribution in [1.82, 2.24) is 14.9 Å². The zero-order valence-corrected chi connectivity index (χ0v) is 13.7. The molecule has 0 aliphatic rings. The summed E-state index contributed by atoms with van der Waals surface area (Å²) in [5, 5.41) is 10.5. The zero-order chi connectivity index (χ0) is 17.8. The van der Waals surface area contributed by atoms with Gasteiger partial charge in [-0.15, -0.1) is 0 Å². The van der Waals surface area contributed by atoms with Crippen LogP contribution < -0.4 is 15.6 Å². The third kappa shape index (κ3) is 3.57. The van der Waals surface area contributed by atoms with Crippen LogP contribution in [0.2, 0.25) is 0 Å². The molecule has 0 aliphatic heterocycles. The van der Waals surface area contributed by atoms with E-state index < -0.39 is 11.9 Å². The van der Waals surface area contributed by atoms with Gasteiger partial charge in [-0.25, -0.2) is 4.68 Å². The second-order valence-corrected chi connectivity index (χ2v) is 5.28. The number of benzene rings is 1. The lowest BCUT2D eigenvalue weighted by molar-refractivity contribution is -0.119. The van der Waals surface area contributed by atoms with E-state index in [2.05, 4.69) is 20.1 Å². The maximum atomic E-state index is 12.3. The molecular weight excluding hydrogens is 324 g/mol. The van der Waals surface area contributed by atoms with Gasteiger partial charge in [-0.1, -0.05) is 5.16 Å². The van der Waals surface area contributed by atoms with Crippen LogP contribution >= 0.6 is 0 Å². The SMILES string of the molecule is COc1ccc(-c2ccc(=O)n([C@@H](C)C(=O)Nc3ccon3)n2)cc1. The molecule has 0 unspecified atom stereocenters. The topological polar surface area (TPSA) is 99.2 Å². The smallest absolute Gasteiger partial charge is 0.267 e. The summed E-state index contributed by atoms with van der Waals surface area (Å²) in [5.41, 5.74) is 1.00. The average Bonchev–Trinajstić information content (AvgIpc) is 3.14. The van der Waals surface area contributed by atoms with E-state index in [9.17, 15) is 9.59 Å². The van der Waals surface area contributed by atoms with Crippen LogP contribution in [0.15, 0.2) is 58.0 Å². The van der Waals surface area contributed by atoms with Crippen molar-refractivity contribution >= 4 is 11.7 Å². The summed E-state index contributed by atoms with van der Waals surface area (Å²) in [6.07, 6.45) is 1.34. The number of carbonyl (C=O) groups excluding carboxylic acids is 1. The van der Waals surface area contributed by atoms with E-state index >= 15 is 0 Å². The molecule has 0 radical (unpaired) electrons. The van der Waals surface area contributed by atoms with Crippen LogP contribution in [0.1, 0.15) is 13.0 Å². The summed E-state index contributed by atoms with van der Waals surface area (Å²) in [6.45, 7) is 1.58. The Bertz CT molecular complexity index is 917. The van der Waals surface area contributed by atoms with Gasteiger partial charge in [0.1, 0.15) is 18.1 Å². The first-order valence-electron chi connectivity index (χ1n) is 7.54. The normalized spacial score (nSPS) is 11.8. The first-order valence-corrected chi connectivity index (χ1v) is 7.54. The minimum atomic E-state index is -0.817. The summed E-state index contributed by atoms with van der Waals surface area (Å²) < 4.78 is 10.9. The minimum Gasteiger partial charge on any atom is -0.497 e. The maximum Gasteiger partial charge on any atom is 0.267 e. The first-order chi connectivity index (χ1) is 12.1. The van der Waals surface area contributed by atoms with Crippen molar-refractivity contribution in [3.05, 3.63) is 59.1 Å². The first kappa shape index (κ1) is 16.4. The predicted molar refractivity (Wildman–Crippen MR) is 90.3 cm³/mol. The quantitative estimate of drug-likeness (QED) is 0.763. The van der Waals surface area contributed by atoms with E-state index in [4.69, 9.17) is 4.74 Å². The highest BCUT2D eigenvalue weighted by atomic mass is 16.5. The second-order valence-electron chi connectivity index (χ2n) is 5.28. The van der Waals surface area contributed by atoms with Crippen LogP contribution in [0, 0.1) is 0 Å². The Balaban J connectivity index is 1.87. The summed E-state index contributed by atoms with van der Waals surface area (Å²) in [4.78, 5) is 24.4. The van der Waals surface area contributed by atoms with Gasteiger partial charge < -0.3 is 14.6 Å². The Kier molecular flexibility index (Phi) is 4.60. The molecule has 0 saturated carbocycles. The van der Waals surface area contributed by atoms with Crippen molar-refractivity contribution in [2.45, 2.75) is 13.0 Å². The van der Waals surface area contributed by atoms with E-state index in [1.807, 2.05) is 12.1 Å². The number of nitrogens with zero attached hydrogens (tertiary/aromatic N) is 3. The van der Waals surface area contributed by atoms with Gasteiger partial charge in [0.25, 0.3) is 5.56 Å². The number of methoxy groups -OCH3 is 1. The van der Waals surface area contributed by atoms with Crippen molar-refractivity contribution < 1.29 is 14.1 Å². The molecule has 128 valence electrons. The lowest BCUT2D eigenvalue weighted by Gasteiger charge is -2.14. The Morgan fingerprint density at radius 3 is 2.60 bits per heavy atom. The molecule has 0 spiro atoms. The van der Waals surface area contributed by atoms with E-state index in [1.165, 1.54) is 18.4 Å². The molecule has 0 fully saturated rings. The second kappa shape index (κ2) is 7.00. The van der Waals surface area contributed by atoms with E-state index in [0.29, 0.717) is 5.69 Å². The lowest BCUT2D eigenvalue weighted by atomic mass is 10.1. The number of aromatic nitrogens is 3. The van der Waals surface area contributed by atoms with Crippen LogP contribution in [0.5, 0.6) is 5.75 Å². The highest BCUT2D eigenvalue weighted by molar-refractivity contribution is 5.92. The number of carbonyl (C=O) groups is 1. The van der Waals surface area contributed by atoms with Crippen LogP contribution in [-0.2, 0) is 4.79 Å². The molecule has 1 aromatic carbocycles. The monoisotopic (exact) mass is 340 g/mol. The van der Waals surface area contributed by atoms with Gasteiger partial charge in [-0.05, 0) is 37.3 Å². The molecular formula is C17H16N4O4. The molecule has 0 saturated heterocycles. The van der Waals surface area contributed by atoms with Crippen LogP contribution in [0.3, 0.4) is 0 Å². The molecule has 3 aromatic rings. The van der Waals surface area contributed by atoms with E-state index in [1.54, 1.807) is 32.2 Å². The fourth-order valence-corrected chi connectivity index (χ4v) is 2.24. The number of nitrogens with one attached hydrogen (secondary N) is 1. The van der Waals surface area contributed by atoms with E-state index in [0.717, 1.165) is 16.0 Å². The molecule has 1 atom stereocenters. The Labute approximate surface area is 143 Å². The fraction of sp³-hybridized carbons (Fsp3) is 0.176. The van der Waals surface area contributed by atoms with Gasteiger partial charge in [0.2, 0.25) is 5.91 Å². The van der Waals surface area contributed by atoms with Gasteiger partial charge in [-0.2, -0.15) is 5.10 Å². The van der Waals surface area contributed by atoms with Crippen molar-refractivity contribution in [1.29, 1.82) is 0 Å². The van der Waals surface area contributed by atoms with Crippen LogP contribution in [0.4, 0.5) is 5.82 Å². The van der Waals surface area contributed by atoms with Crippen molar-refractivity contribution in [3.8, 4) is 17.0 Å². The summed E-state index contributed by atoms with van der Waals surface area (Å²) in [5.74, 6) is 0.573.